The molecule has 0 saturated heterocycles. The number of nitrogens with one attached hydrogen (secondary N) is 1. The van der Waals surface area contributed by atoms with Crippen molar-refractivity contribution in [1.29, 1.82) is 0 Å². The van der Waals surface area contributed by atoms with Crippen LogP contribution in [0.4, 0.5) is 13.2 Å². The number of amides is 1. The van der Waals surface area contributed by atoms with E-state index in [0.717, 1.165) is 17.7 Å². The number of pyridine rings is 1. The van der Waals surface area contributed by atoms with Crippen LogP contribution < -0.4 is 5.32 Å². The molecule has 1 amide bonds. The summed E-state index contributed by atoms with van der Waals surface area (Å²) in [5, 5.41) is 2.89. The van der Waals surface area contributed by atoms with Crippen molar-refractivity contribution in [2.45, 2.75) is 6.18 Å². The van der Waals surface area contributed by atoms with Gasteiger partial charge in [-0.25, -0.2) is 0 Å². The van der Waals surface area contributed by atoms with Crippen LogP contribution in [-0.4, -0.2) is 17.4 Å². The van der Waals surface area contributed by atoms with Gasteiger partial charge in [-0.15, -0.1) is 0 Å². The molecule has 0 atom stereocenters. The highest BCUT2D eigenvalue weighted by Crippen LogP contribution is 2.32. The molecule has 0 fully saturated rings. The van der Waals surface area contributed by atoms with Crippen LogP contribution in [-0.2, 0) is 6.18 Å². The normalized spacial score (nSPS) is 12.2. The smallest absolute Gasteiger partial charge is 0.348 e. The van der Waals surface area contributed by atoms with E-state index in [9.17, 15) is 18.0 Å². The number of nitrogens with zero attached hydrogens (tertiary/aromatic N) is 1. The summed E-state index contributed by atoms with van der Waals surface area (Å²) in [4.78, 5) is 16.2. The molecule has 2 aromatic rings. The summed E-state index contributed by atoms with van der Waals surface area (Å²) in [7, 11) is 0. The number of benzene rings is 1. The van der Waals surface area contributed by atoms with Crippen molar-refractivity contribution in [2.75, 3.05) is 6.54 Å². The Kier molecular flexibility index (Phi) is 6.32. The summed E-state index contributed by atoms with van der Waals surface area (Å²) >= 11 is 17.5. The van der Waals surface area contributed by atoms with Gasteiger partial charge in [0.05, 0.1) is 26.9 Å². The van der Waals surface area contributed by atoms with E-state index in [0.29, 0.717) is 10.6 Å². The number of alkyl halides is 3. The molecule has 25 heavy (non-hydrogen) atoms. The van der Waals surface area contributed by atoms with Gasteiger partial charge in [0.15, 0.2) is 0 Å². The molecular weight excluding hydrogens is 400 g/mol. The first-order chi connectivity index (χ1) is 11.7. The van der Waals surface area contributed by atoms with Crippen molar-refractivity contribution >= 4 is 46.3 Å². The summed E-state index contributed by atoms with van der Waals surface area (Å²) in [6.45, 7) is -0.164. The molecule has 2 rings (SSSR count). The average molecular weight is 410 g/mol. The molecule has 0 saturated carbocycles. The summed E-state index contributed by atoms with van der Waals surface area (Å²) < 4.78 is 38.9. The number of hydrogen-bond donors (Lipinski definition) is 1. The molecular formula is C16H10Cl3F3N2O. The number of hydrogen-bond acceptors (Lipinski definition) is 2. The second-order valence-electron chi connectivity index (χ2n) is 4.84. The number of carbonyl (C=O) groups is 1. The summed E-state index contributed by atoms with van der Waals surface area (Å²) in [6.07, 6.45) is -3.30. The zero-order valence-electron chi connectivity index (χ0n) is 12.4. The molecule has 0 radical (unpaired) electrons. The first-order valence-electron chi connectivity index (χ1n) is 6.79. The predicted molar refractivity (Wildman–Crippen MR) is 91.9 cm³/mol. The molecule has 9 heteroatoms. The number of aromatic nitrogens is 1. The lowest BCUT2D eigenvalue weighted by atomic mass is 10.1. The molecule has 1 heterocycles. The molecule has 0 aliphatic heterocycles. The van der Waals surface area contributed by atoms with Crippen LogP contribution >= 0.6 is 34.8 Å². The highest BCUT2D eigenvalue weighted by atomic mass is 35.5. The molecule has 132 valence electrons. The maximum Gasteiger partial charge on any atom is 0.417 e. The molecule has 0 aliphatic rings. The van der Waals surface area contributed by atoms with Crippen molar-refractivity contribution in [2.24, 2.45) is 0 Å². The highest BCUT2D eigenvalue weighted by Gasteiger charge is 2.34. The summed E-state index contributed by atoms with van der Waals surface area (Å²) in [6, 6.07) is 5.92. The molecule has 1 aromatic carbocycles. The number of halogens is 6. The van der Waals surface area contributed by atoms with Gasteiger partial charge in [-0.2, -0.15) is 13.2 Å². The first-order valence-corrected chi connectivity index (χ1v) is 7.98. The van der Waals surface area contributed by atoms with Gasteiger partial charge < -0.3 is 5.32 Å². The van der Waals surface area contributed by atoms with Crippen LogP contribution in [0.15, 0.2) is 42.1 Å². The van der Waals surface area contributed by atoms with Crippen molar-refractivity contribution in [3.63, 3.8) is 0 Å². The Labute approximate surface area is 156 Å². The van der Waals surface area contributed by atoms with Crippen LogP contribution in [0.3, 0.4) is 0 Å². The van der Waals surface area contributed by atoms with Gasteiger partial charge in [0.1, 0.15) is 0 Å². The van der Waals surface area contributed by atoms with Crippen molar-refractivity contribution < 1.29 is 18.0 Å². The molecule has 0 unspecified atom stereocenters. The molecule has 0 aliphatic carbocycles. The van der Waals surface area contributed by atoms with E-state index in [1.807, 2.05) is 0 Å². The Morgan fingerprint density at radius 2 is 1.92 bits per heavy atom. The lowest BCUT2D eigenvalue weighted by molar-refractivity contribution is -0.137. The zero-order valence-corrected chi connectivity index (χ0v) is 14.6. The van der Waals surface area contributed by atoms with Crippen LogP contribution in [0.5, 0.6) is 0 Å². The van der Waals surface area contributed by atoms with E-state index in [1.165, 1.54) is 24.4 Å². The Hall–Kier alpha value is -1.76. The van der Waals surface area contributed by atoms with Crippen LogP contribution in [0.25, 0.3) is 5.57 Å². The second-order valence-corrected chi connectivity index (χ2v) is 5.91. The highest BCUT2D eigenvalue weighted by molar-refractivity contribution is 6.36. The zero-order chi connectivity index (χ0) is 18.6. The van der Waals surface area contributed by atoms with Crippen LogP contribution in [0, 0.1) is 0 Å². The van der Waals surface area contributed by atoms with E-state index in [-0.39, 0.29) is 17.3 Å². The van der Waals surface area contributed by atoms with E-state index in [1.54, 1.807) is 0 Å². The fourth-order valence-electron chi connectivity index (χ4n) is 2.02. The Bertz CT molecular complexity index is 823. The Balaban J connectivity index is 2.19. The maximum absolute atomic E-state index is 13.0. The Morgan fingerprint density at radius 3 is 2.52 bits per heavy atom. The fraction of sp³-hybridized carbons (Fsp3) is 0.125. The number of rotatable bonds is 4. The maximum atomic E-state index is 13.0. The monoisotopic (exact) mass is 408 g/mol. The van der Waals surface area contributed by atoms with Gasteiger partial charge in [-0.3, -0.25) is 9.78 Å². The summed E-state index contributed by atoms with van der Waals surface area (Å²) in [5.74, 6) is -0.894. The van der Waals surface area contributed by atoms with E-state index >= 15 is 0 Å². The van der Waals surface area contributed by atoms with Gasteiger partial charge in [0, 0.05) is 23.8 Å². The average Bonchev–Trinajstić information content (AvgIpc) is 2.56. The third-order valence-corrected chi connectivity index (χ3v) is 3.92. The van der Waals surface area contributed by atoms with Crippen molar-refractivity contribution in [3.05, 3.63) is 68.9 Å². The van der Waals surface area contributed by atoms with E-state index < -0.39 is 23.2 Å². The van der Waals surface area contributed by atoms with E-state index in [2.05, 4.69) is 10.3 Å². The lowest BCUT2D eigenvalue weighted by Gasteiger charge is -2.14. The van der Waals surface area contributed by atoms with Crippen molar-refractivity contribution in [3.8, 4) is 0 Å². The number of carbonyl (C=O) groups excluding carboxylic acids is 1. The second kappa shape index (κ2) is 8.08. The van der Waals surface area contributed by atoms with Crippen LogP contribution in [0.1, 0.15) is 21.6 Å². The quantitative estimate of drug-likeness (QED) is 0.733. The van der Waals surface area contributed by atoms with Crippen LogP contribution in [0.2, 0.25) is 10.0 Å². The minimum atomic E-state index is -4.64. The molecule has 0 bridgehead atoms. The molecule has 3 nitrogen and oxygen atoms in total. The molecule has 0 spiro atoms. The fourth-order valence-corrected chi connectivity index (χ4v) is 2.71. The van der Waals surface area contributed by atoms with Crippen molar-refractivity contribution in [1.82, 2.24) is 10.3 Å². The minimum Gasteiger partial charge on any atom is -0.348 e. The minimum absolute atomic E-state index is 0.164. The summed E-state index contributed by atoms with van der Waals surface area (Å²) in [5.41, 5.74) is 0.218. The molecule has 1 N–H and O–H groups in total. The Morgan fingerprint density at radius 1 is 1.24 bits per heavy atom. The topological polar surface area (TPSA) is 42.0 Å². The predicted octanol–water partition coefficient (Wildman–Crippen LogP) is 5.42. The third kappa shape index (κ3) is 4.87. The van der Waals surface area contributed by atoms with E-state index in [4.69, 9.17) is 34.8 Å². The lowest BCUT2D eigenvalue weighted by Crippen LogP contribution is -2.28. The van der Waals surface area contributed by atoms with Gasteiger partial charge in [0.25, 0.3) is 5.91 Å². The largest absolute Gasteiger partial charge is 0.417 e. The molecule has 1 aromatic heterocycles. The van der Waals surface area contributed by atoms with Gasteiger partial charge in [-0.05, 0) is 18.2 Å². The standard InChI is InChI=1S/C16H10Cl3F3N2O/c17-6-9(14-13(19)5-10(18)8-23-14)7-24-15(25)11-3-1-2-4-12(11)16(20,21)22/h1-6,8H,7H2,(H,24,25)/b9-6-. The van der Waals surface area contributed by atoms with Gasteiger partial charge in [-0.1, -0.05) is 46.9 Å². The van der Waals surface area contributed by atoms with Gasteiger partial charge >= 0.3 is 6.18 Å². The first kappa shape index (κ1) is 19.6. The SMILES string of the molecule is O=C(NC/C(=C/Cl)c1ncc(Cl)cc1Cl)c1ccccc1C(F)(F)F. The van der Waals surface area contributed by atoms with Gasteiger partial charge in [0.2, 0.25) is 0 Å². The third-order valence-electron chi connectivity index (χ3n) is 3.16.